The molecule has 0 atom stereocenters. The van der Waals surface area contributed by atoms with Crippen molar-refractivity contribution in [2.75, 3.05) is 5.73 Å². The Labute approximate surface area is 94.5 Å². The molecule has 2 aromatic rings. The number of thiophene rings is 1. The largest absolute Gasteiger partial charge is 0.398 e. The van der Waals surface area contributed by atoms with Crippen LogP contribution < -0.4 is 5.73 Å². The third-order valence-corrected chi connectivity index (χ3v) is 3.93. The van der Waals surface area contributed by atoms with Crippen molar-refractivity contribution in [3.8, 4) is 0 Å². The number of nitrogens with two attached hydrogens (primary N) is 1. The van der Waals surface area contributed by atoms with Gasteiger partial charge in [-0.25, -0.2) is 0 Å². The summed E-state index contributed by atoms with van der Waals surface area (Å²) in [7, 11) is 0. The lowest BCUT2D eigenvalue weighted by molar-refractivity contribution is 1.50. The van der Waals surface area contributed by atoms with E-state index in [1.165, 1.54) is 15.6 Å². The molecule has 0 spiro atoms. The zero-order chi connectivity index (χ0) is 9.42. The van der Waals surface area contributed by atoms with E-state index in [9.17, 15) is 0 Å². The number of hydrogen-bond donors (Lipinski definition) is 2. The van der Waals surface area contributed by atoms with Crippen LogP contribution in [0.1, 0.15) is 5.56 Å². The van der Waals surface area contributed by atoms with Gasteiger partial charge in [-0.05, 0) is 28.5 Å². The summed E-state index contributed by atoms with van der Waals surface area (Å²) in [6.07, 6.45) is 0. The average Bonchev–Trinajstić information content (AvgIpc) is 2.48. The quantitative estimate of drug-likeness (QED) is 0.463. The van der Waals surface area contributed by atoms with Crippen molar-refractivity contribution in [1.82, 2.24) is 0 Å². The van der Waals surface area contributed by atoms with Crippen LogP contribution in [-0.4, -0.2) is 0 Å². The molecule has 13 heavy (non-hydrogen) atoms. The Morgan fingerprint density at radius 2 is 2.23 bits per heavy atom. The van der Waals surface area contributed by atoms with Gasteiger partial charge in [0.25, 0.3) is 0 Å². The number of anilines is 1. The number of benzene rings is 1. The van der Waals surface area contributed by atoms with Gasteiger partial charge in [0.2, 0.25) is 0 Å². The van der Waals surface area contributed by atoms with Crippen LogP contribution in [0.25, 0.3) is 10.1 Å². The molecule has 0 saturated heterocycles. The van der Waals surface area contributed by atoms with Crippen LogP contribution >= 0.6 is 39.9 Å². The fraction of sp³-hybridized carbons (Fsp3) is 0.111. The lowest BCUT2D eigenvalue weighted by Gasteiger charge is -1.99. The van der Waals surface area contributed by atoms with Crippen molar-refractivity contribution in [3.05, 3.63) is 23.1 Å². The highest BCUT2D eigenvalue weighted by molar-refractivity contribution is 9.08. The first-order valence-corrected chi connectivity index (χ1v) is 6.21. The molecule has 68 valence electrons. The molecular weight excluding hydrogens is 266 g/mol. The molecule has 0 aliphatic carbocycles. The van der Waals surface area contributed by atoms with Crippen LogP contribution in [-0.2, 0) is 5.33 Å². The maximum absolute atomic E-state index is 5.78. The van der Waals surface area contributed by atoms with Crippen molar-refractivity contribution < 1.29 is 0 Å². The van der Waals surface area contributed by atoms with Gasteiger partial charge in [-0.15, -0.1) is 24.0 Å². The fourth-order valence-electron chi connectivity index (χ4n) is 1.24. The van der Waals surface area contributed by atoms with Gasteiger partial charge in [-0.3, -0.25) is 0 Å². The molecule has 1 nitrogen and oxygen atoms in total. The fourth-order valence-corrected chi connectivity index (χ4v) is 3.18. The SMILES string of the molecule is Nc1cc2c(CBr)csc2cc1S. The summed E-state index contributed by atoms with van der Waals surface area (Å²) in [5.41, 5.74) is 7.82. The molecule has 0 amide bonds. The highest BCUT2D eigenvalue weighted by Crippen LogP contribution is 2.32. The Balaban J connectivity index is 2.77. The summed E-state index contributed by atoms with van der Waals surface area (Å²) < 4.78 is 1.24. The second-order valence-corrected chi connectivity index (χ2v) is 4.76. The zero-order valence-corrected chi connectivity index (χ0v) is 10.0. The predicted molar refractivity (Wildman–Crippen MR) is 66.1 cm³/mol. The van der Waals surface area contributed by atoms with Crippen molar-refractivity contribution in [3.63, 3.8) is 0 Å². The topological polar surface area (TPSA) is 26.0 Å². The van der Waals surface area contributed by atoms with E-state index in [0.717, 1.165) is 15.9 Å². The molecule has 2 N–H and O–H groups in total. The Kier molecular flexibility index (Phi) is 2.53. The summed E-state index contributed by atoms with van der Waals surface area (Å²) in [5, 5.41) is 4.25. The van der Waals surface area contributed by atoms with Crippen LogP contribution in [0, 0.1) is 0 Å². The van der Waals surface area contributed by atoms with Crippen molar-refractivity contribution in [1.29, 1.82) is 0 Å². The molecule has 4 heteroatoms. The van der Waals surface area contributed by atoms with E-state index in [1.807, 2.05) is 12.1 Å². The van der Waals surface area contributed by atoms with Gasteiger partial charge < -0.3 is 5.73 Å². The van der Waals surface area contributed by atoms with E-state index in [-0.39, 0.29) is 0 Å². The highest BCUT2D eigenvalue weighted by Gasteiger charge is 2.05. The number of hydrogen-bond acceptors (Lipinski definition) is 3. The molecule has 2 rings (SSSR count). The average molecular weight is 274 g/mol. The maximum Gasteiger partial charge on any atom is 0.0456 e. The molecular formula is C9H8BrNS2. The normalized spacial score (nSPS) is 10.9. The minimum absolute atomic E-state index is 0.747. The molecule has 0 radical (unpaired) electrons. The van der Waals surface area contributed by atoms with Gasteiger partial charge in [-0.1, -0.05) is 15.9 Å². The van der Waals surface area contributed by atoms with Crippen LogP contribution in [0.3, 0.4) is 0 Å². The van der Waals surface area contributed by atoms with E-state index in [4.69, 9.17) is 5.73 Å². The zero-order valence-electron chi connectivity index (χ0n) is 6.75. The monoisotopic (exact) mass is 273 g/mol. The molecule has 0 aliphatic heterocycles. The summed E-state index contributed by atoms with van der Waals surface area (Å²) in [6, 6.07) is 4.01. The first-order chi connectivity index (χ1) is 6.22. The summed E-state index contributed by atoms with van der Waals surface area (Å²) >= 11 is 9.46. The number of rotatable bonds is 1. The Morgan fingerprint density at radius 1 is 1.46 bits per heavy atom. The van der Waals surface area contributed by atoms with E-state index < -0.39 is 0 Å². The van der Waals surface area contributed by atoms with Gasteiger partial charge in [0.15, 0.2) is 0 Å². The van der Waals surface area contributed by atoms with E-state index in [0.29, 0.717) is 0 Å². The first-order valence-electron chi connectivity index (χ1n) is 3.77. The van der Waals surface area contributed by atoms with Crippen molar-refractivity contribution >= 4 is 55.7 Å². The maximum atomic E-state index is 5.78. The van der Waals surface area contributed by atoms with Crippen LogP contribution in [0.4, 0.5) is 5.69 Å². The predicted octanol–water partition coefficient (Wildman–Crippen LogP) is 3.67. The van der Waals surface area contributed by atoms with Gasteiger partial charge in [0, 0.05) is 20.6 Å². The highest BCUT2D eigenvalue weighted by atomic mass is 79.9. The number of fused-ring (bicyclic) bond motifs is 1. The first kappa shape index (κ1) is 9.37. The van der Waals surface area contributed by atoms with Crippen LogP contribution in [0.15, 0.2) is 22.4 Å². The van der Waals surface area contributed by atoms with E-state index >= 15 is 0 Å². The molecule has 0 unspecified atom stereocenters. The molecule has 1 aromatic carbocycles. The molecule has 0 fully saturated rings. The Morgan fingerprint density at radius 3 is 2.92 bits per heavy atom. The molecule has 1 aromatic heterocycles. The standard InChI is InChI=1S/C9H8BrNS2/c10-3-5-4-13-9-2-8(12)7(11)1-6(5)9/h1-2,4,12H,3,11H2. The number of alkyl halides is 1. The summed E-state index contributed by atoms with van der Waals surface area (Å²) in [5.74, 6) is 0. The third kappa shape index (κ3) is 1.58. The number of halogens is 1. The molecule has 0 bridgehead atoms. The molecule has 0 aliphatic rings. The molecule has 1 heterocycles. The summed E-state index contributed by atoms with van der Waals surface area (Å²) in [4.78, 5) is 0.857. The number of nitrogen functional groups attached to an aromatic ring is 1. The third-order valence-electron chi connectivity index (χ3n) is 1.95. The van der Waals surface area contributed by atoms with Gasteiger partial charge in [-0.2, -0.15) is 0 Å². The lowest BCUT2D eigenvalue weighted by atomic mass is 10.2. The Bertz CT molecular complexity index is 450. The minimum atomic E-state index is 0.747. The minimum Gasteiger partial charge on any atom is -0.398 e. The lowest BCUT2D eigenvalue weighted by Crippen LogP contribution is -1.86. The summed E-state index contributed by atoms with van der Waals surface area (Å²) in [6.45, 7) is 0. The van der Waals surface area contributed by atoms with Crippen LogP contribution in [0.2, 0.25) is 0 Å². The van der Waals surface area contributed by atoms with Gasteiger partial charge in [0.05, 0.1) is 0 Å². The van der Waals surface area contributed by atoms with E-state index in [1.54, 1.807) is 11.3 Å². The van der Waals surface area contributed by atoms with Gasteiger partial charge >= 0.3 is 0 Å². The van der Waals surface area contributed by atoms with Crippen molar-refractivity contribution in [2.24, 2.45) is 0 Å². The van der Waals surface area contributed by atoms with Gasteiger partial charge in [0.1, 0.15) is 0 Å². The van der Waals surface area contributed by atoms with E-state index in [2.05, 4.69) is 33.9 Å². The smallest absolute Gasteiger partial charge is 0.0456 e. The Hall–Kier alpha value is -0.190. The number of thiol groups is 1. The molecule has 0 saturated carbocycles. The second-order valence-electron chi connectivity index (χ2n) is 2.80. The van der Waals surface area contributed by atoms with Crippen LogP contribution in [0.5, 0.6) is 0 Å². The van der Waals surface area contributed by atoms with Crippen molar-refractivity contribution in [2.45, 2.75) is 10.2 Å². The second kappa shape index (κ2) is 3.52.